The number of carbonyl (C=O) groups is 1. The Morgan fingerprint density at radius 2 is 1.31 bits per heavy atom. The number of Topliss-reactive ketones (excluding diaryl/α,β-unsaturated/α-hetero) is 1. The number of hydrogen-bond acceptors (Lipinski definition) is 4. The molecule has 0 aromatic heterocycles. The molecule has 0 radical (unpaired) electrons. The summed E-state index contributed by atoms with van der Waals surface area (Å²) in [6.07, 6.45) is -0.464. The molecular formula is C17H25F9O4S2. The number of thiol groups is 1. The molecule has 1 N–H and O–H groups in total. The minimum absolute atomic E-state index is 0.132. The van der Waals surface area contributed by atoms with Gasteiger partial charge in [0.2, 0.25) is 0 Å². The van der Waals surface area contributed by atoms with E-state index in [2.05, 4.69) is 33.4 Å². The standard InChI is InChI=1S/C13H24OS.C4HF9O3S/c1-13(2,3)12(15)9-11(14)10-7-5-4-6-8-10;5-1(6,3(9,10)11)2(7,8)4(12,13)17(14,15)16/h10,12,15H,4-9H2,1-3H3;(H,14,15,16). The van der Waals surface area contributed by atoms with Crippen molar-refractivity contribution in [1.29, 1.82) is 0 Å². The van der Waals surface area contributed by atoms with Gasteiger partial charge in [0.15, 0.2) is 0 Å². The van der Waals surface area contributed by atoms with E-state index in [1.54, 1.807) is 0 Å². The van der Waals surface area contributed by atoms with Crippen molar-refractivity contribution in [3.05, 3.63) is 0 Å². The van der Waals surface area contributed by atoms with Crippen LogP contribution in [0.4, 0.5) is 39.5 Å². The molecule has 0 saturated heterocycles. The molecule has 4 nitrogen and oxygen atoms in total. The quantitative estimate of drug-likeness (QED) is 0.246. The Balaban J connectivity index is 0.000000604. The number of carbonyl (C=O) groups excluding carboxylic acids is 1. The van der Waals surface area contributed by atoms with Gasteiger partial charge in [-0.25, -0.2) is 0 Å². The van der Waals surface area contributed by atoms with Crippen LogP contribution in [0.2, 0.25) is 0 Å². The summed E-state index contributed by atoms with van der Waals surface area (Å²) in [7, 11) is -7.17. The van der Waals surface area contributed by atoms with Gasteiger partial charge >= 0.3 is 33.4 Å². The van der Waals surface area contributed by atoms with E-state index in [9.17, 15) is 52.7 Å². The fourth-order valence-electron chi connectivity index (χ4n) is 2.61. The van der Waals surface area contributed by atoms with Crippen molar-refractivity contribution >= 4 is 28.5 Å². The van der Waals surface area contributed by atoms with Crippen LogP contribution in [-0.2, 0) is 14.9 Å². The lowest BCUT2D eigenvalue weighted by Gasteiger charge is -2.31. The third-order valence-electron chi connectivity index (χ3n) is 4.89. The number of halogens is 9. The maximum absolute atomic E-state index is 12.2. The summed E-state index contributed by atoms with van der Waals surface area (Å²) in [6.45, 7) is 6.45. The van der Waals surface area contributed by atoms with Gasteiger partial charge in [0, 0.05) is 17.6 Å². The van der Waals surface area contributed by atoms with Gasteiger partial charge in [0.1, 0.15) is 5.78 Å². The fraction of sp³-hybridized carbons (Fsp3) is 0.941. The molecule has 1 unspecified atom stereocenters. The van der Waals surface area contributed by atoms with Crippen molar-refractivity contribution in [2.45, 2.75) is 87.8 Å². The Morgan fingerprint density at radius 1 is 0.906 bits per heavy atom. The lowest BCUT2D eigenvalue weighted by Crippen LogP contribution is -2.63. The summed E-state index contributed by atoms with van der Waals surface area (Å²) >= 11 is 4.55. The molecule has 0 bridgehead atoms. The Kier molecular flexibility index (Phi) is 10.1. The largest absolute Gasteiger partial charge is 0.460 e. The average molecular weight is 528 g/mol. The van der Waals surface area contributed by atoms with E-state index in [0.29, 0.717) is 18.1 Å². The summed E-state index contributed by atoms with van der Waals surface area (Å²) in [5, 5.41) is -6.80. The van der Waals surface area contributed by atoms with Gasteiger partial charge in [-0.15, -0.1) is 0 Å². The molecule has 192 valence electrons. The molecule has 1 fully saturated rings. The van der Waals surface area contributed by atoms with Crippen molar-refractivity contribution in [3.63, 3.8) is 0 Å². The second-order valence-electron chi connectivity index (χ2n) is 8.53. The minimum Gasteiger partial charge on any atom is -0.299 e. The molecule has 0 aliphatic heterocycles. The Labute approximate surface area is 185 Å². The van der Waals surface area contributed by atoms with E-state index in [1.165, 1.54) is 19.3 Å². The summed E-state index contributed by atoms with van der Waals surface area (Å²) in [5.74, 6) is -13.9. The Hall–Kier alpha value is -0.700. The van der Waals surface area contributed by atoms with Crippen LogP contribution < -0.4 is 0 Å². The summed E-state index contributed by atoms with van der Waals surface area (Å²) in [6, 6.07) is 0. The second kappa shape index (κ2) is 10.3. The smallest absolute Gasteiger partial charge is 0.299 e. The molecule has 1 atom stereocenters. The van der Waals surface area contributed by atoms with E-state index < -0.39 is 33.4 Å². The first-order valence-corrected chi connectivity index (χ1v) is 11.2. The zero-order chi connectivity index (χ0) is 26.0. The maximum atomic E-state index is 12.2. The highest BCUT2D eigenvalue weighted by atomic mass is 32.2. The molecule has 1 aliphatic rings. The van der Waals surface area contributed by atoms with Crippen LogP contribution in [-0.4, -0.2) is 47.3 Å². The molecule has 0 heterocycles. The predicted molar refractivity (Wildman–Crippen MR) is 101 cm³/mol. The first-order chi connectivity index (χ1) is 13.9. The molecule has 1 aliphatic carbocycles. The highest BCUT2D eigenvalue weighted by Gasteiger charge is 2.85. The molecule has 1 saturated carbocycles. The topological polar surface area (TPSA) is 71.4 Å². The monoisotopic (exact) mass is 528 g/mol. The van der Waals surface area contributed by atoms with Gasteiger partial charge in [0.25, 0.3) is 0 Å². The van der Waals surface area contributed by atoms with E-state index in [4.69, 9.17) is 4.55 Å². The number of alkyl halides is 9. The lowest BCUT2D eigenvalue weighted by molar-refractivity contribution is -0.382. The fourth-order valence-corrected chi connectivity index (χ4v) is 3.24. The summed E-state index contributed by atoms with van der Waals surface area (Å²) < 4.78 is 134. The minimum atomic E-state index is -7.37. The summed E-state index contributed by atoms with van der Waals surface area (Å²) in [5.41, 5.74) is 0.132. The molecule has 1 rings (SSSR count). The van der Waals surface area contributed by atoms with Gasteiger partial charge in [-0.05, 0) is 18.3 Å². The first kappa shape index (κ1) is 31.3. The van der Waals surface area contributed by atoms with Crippen molar-refractivity contribution in [2.24, 2.45) is 11.3 Å². The van der Waals surface area contributed by atoms with Crippen molar-refractivity contribution < 1.29 is 57.3 Å². The zero-order valence-electron chi connectivity index (χ0n) is 17.3. The molecule has 0 spiro atoms. The van der Waals surface area contributed by atoms with E-state index in [-0.39, 0.29) is 10.7 Å². The highest BCUT2D eigenvalue weighted by molar-refractivity contribution is 7.87. The lowest BCUT2D eigenvalue weighted by atomic mass is 9.81. The molecule has 15 heteroatoms. The van der Waals surface area contributed by atoms with Crippen molar-refractivity contribution in [2.75, 3.05) is 0 Å². The molecule has 0 aromatic carbocycles. The van der Waals surface area contributed by atoms with Crippen LogP contribution >= 0.6 is 12.6 Å². The first-order valence-electron chi connectivity index (χ1n) is 9.29. The predicted octanol–water partition coefficient (Wildman–Crippen LogP) is 6.17. The van der Waals surface area contributed by atoms with E-state index >= 15 is 0 Å². The van der Waals surface area contributed by atoms with Crippen LogP contribution in [0.15, 0.2) is 0 Å². The van der Waals surface area contributed by atoms with Crippen LogP contribution in [0.25, 0.3) is 0 Å². The highest BCUT2D eigenvalue weighted by Crippen LogP contribution is 2.54. The van der Waals surface area contributed by atoms with Crippen molar-refractivity contribution in [3.8, 4) is 0 Å². The third-order valence-corrected chi connectivity index (χ3v) is 6.76. The number of hydrogen-bond donors (Lipinski definition) is 2. The summed E-state index contributed by atoms with van der Waals surface area (Å²) in [4.78, 5) is 12.0. The van der Waals surface area contributed by atoms with Gasteiger partial charge in [-0.1, -0.05) is 40.0 Å². The van der Waals surface area contributed by atoms with Gasteiger partial charge in [-0.3, -0.25) is 9.35 Å². The molecular weight excluding hydrogens is 503 g/mol. The van der Waals surface area contributed by atoms with Gasteiger partial charge in [-0.2, -0.15) is 60.6 Å². The molecule has 32 heavy (non-hydrogen) atoms. The van der Waals surface area contributed by atoms with Gasteiger partial charge in [0.05, 0.1) is 0 Å². The third kappa shape index (κ3) is 7.15. The average Bonchev–Trinajstić information content (AvgIpc) is 2.59. The van der Waals surface area contributed by atoms with E-state index in [0.717, 1.165) is 12.8 Å². The van der Waals surface area contributed by atoms with Crippen LogP contribution in [0.1, 0.15) is 59.3 Å². The SMILES string of the molecule is CC(C)(C)C(S)CC(=O)C1CCCCC1.O=S(=O)(O)C(F)(F)C(F)(F)C(F)(F)C(F)(F)F. The number of ketones is 1. The number of rotatable bonds is 6. The van der Waals surface area contributed by atoms with Crippen LogP contribution in [0.5, 0.6) is 0 Å². The van der Waals surface area contributed by atoms with Crippen molar-refractivity contribution in [1.82, 2.24) is 0 Å². The van der Waals surface area contributed by atoms with Gasteiger partial charge < -0.3 is 0 Å². The van der Waals surface area contributed by atoms with E-state index in [1.807, 2.05) is 0 Å². The molecule has 0 amide bonds. The van der Waals surface area contributed by atoms with Crippen LogP contribution in [0, 0.1) is 11.3 Å². The Bertz CT molecular complexity index is 738. The van der Waals surface area contributed by atoms with Crippen LogP contribution in [0.3, 0.4) is 0 Å². The Morgan fingerprint density at radius 3 is 1.62 bits per heavy atom. The molecule has 0 aromatic rings. The second-order valence-corrected chi connectivity index (χ2v) is 10.6. The maximum Gasteiger partial charge on any atom is 0.460 e. The zero-order valence-corrected chi connectivity index (χ0v) is 19.0. The normalized spacial score (nSPS) is 18.6.